The van der Waals surface area contributed by atoms with Gasteiger partial charge in [-0.3, -0.25) is 10.1 Å². The molecule has 8 nitrogen and oxygen atoms in total. The first-order chi connectivity index (χ1) is 15.4. The van der Waals surface area contributed by atoms with E-state index in [1.165, 1.54) is 12.8 Å². The van der Waals surface area contributed by atoms with Gasteiger partial charge in [0.2, 0.25) is 9.47 Å². The molecule has 1 saturated heterocycles. The number of anilines is 2. The Hall–Kier alpha value is -2.82. The molecule has 0 radical (unpaired) electrons. The molecule has 2 heterocycles. The highest BCUT2D eigenvalue weighted by Crippen LogP contribution is 2.24. The van der Waals surface area contributed by atoms with Gasteiger partial charge in [-0.15, -0.1) is 10.2 Å². The molecule has 1 aliphatic rings. The van der Waals surface area contributed by atoms with Crippen molar-refractivity contribution in [1.29, 1.82) is 0 Å². The third kappa shape index (κ3) is 5.50. The lowest BCUT2D eigenvalue weighted by molar-refractivity contribution is 0.102. The van der Waals surface area contributed by atoms with Gasteiger partial charge in [0.15, 0.2) is 0 Å². The molecule has 1 atom stereocenters. The van der Waals surface area contributed by atoms with Crippen molar-refractivity contribution in [1.82, 2.24) is 14.9 Å². The molecule has 2 aromatic carbocycles. The van der Waals surface area contributed by atoms with Crippen LogP contribution in [0.5, 0.6) is 0 Å². The molecule has 1 fully saturated rings. The third-order valence-corrected chi connectivity index (χ3v) is 7.92. The summed E-state index contributed by atoms with van der Waals surface area (Å²) in [6.07, 6.45) is 2.46. The fraction of sp³-hybridized carbons (Fsp3) is 0.318. The predicted octanol–water partition coefficient (Wildman–Crippen LogP) is 3.51. The van der Waals surface area contributed by atoms with Crippen LogP contribution in [-0.2, 0) is 16.6 Å². The van der Waals surface area contributed by atoms with E-state index in [1.54, 1.807) is 30.3 Å². The maximum atomic E-state index is 12.6. The third-order valence-electron chi connectivity index (χ3n) is 5.32. The zero-order valence-corrected chi connectivity index (χ0v) is 19.3. The Balaban J connectivity index is 1.35. The van der Waals surface area contributed by atoms with E-state index in [1.807, 2.05) is 24.3 Å². The van der Waals surface area contributed by atoms with Gasteiger partial charge in [-0.05, 0) is 48.6 Å². The lowest BCUT2D eigenvalue weighted by Gasteiger charge is -2.32. The number of hydrogen-bond donors (Lipinski definition) is 2. The van der Waals surface area contributed by atoms with Crippen LogP contribution in [0.2, 0.25) is 0 Å². The summed E-state index contributed by atoms with van der Waals surface area (Å²) in [5.41, 5.74) is 2.46. The number of carbonyl (C=O) groups excluding carboxylic acids is 1. The van der Waals surface area contributed by atoms with Crippen LogP contribution in [0, 0.1) is 5.92 Å². The topological polar surface area (TPSA) is 104 Å². The van der Waals surface area contributed by atoms with Crippen LogP contribution in [0.1, 0.15) is 35.7 Å². The first-order valence-corrected chi connectivity index (χ1v) is 12.7. The Labute approximate surface area is 191 Å². The number of rotatable bonds is 7. The van der Waals surface area contributed by atoms with E-state index in [-0.39, 0.29) is 21.9 Å². The summed E-state index contributed by atoms with van der Waals surface area (Å²) < 4.78 is 27.6. The SMILES string of the molecule is C[C@H]1CCCN(c2ccc(CNS(=O)(=O)c3nnc(NC(=O)c4ccccc4)s3)cc2)C1. The van der Waals surface area contributed by atoms with Crippen LogP contribution < -0.4 is 14.9 Å². The molecule has 0 unspecified atom stereocenters. The van der Waals surface area contributed by atoms with Gasteiger partial charge >= 0.3 is 0 Å². The smallest absolute Gasteiger partial charge is 0.270 e. The molecule has 32 heavy (non-hydrogen) atoms. The number of aromatic nitrogens is 2. The van der Waals surface area contributed by atoms with E-state index in [2.05, 4.69) is 32.1 Å². The van der Waals surface area contributed by atoms with E-state index in [9.17, 15) is 13.2 Å². The van der Waals surface area contributed by atoms with Crippen LogP contribution in [-0.4, -0.2) is 37.6 Å². The maximum absolute atomic E-state index is 12.6. The molecule has 0 saturated carbocycles. The van der Waals surface area contributed by atoms with Gasteiger partial charge in [0.05, 0.1) is 0 Å². The highest BCUT2D eigenvalue weighted by atomic mass is 32.2. The summed E-state index contributed by atoms with van der Waals surface area (Å²) in [6, 6.07) is 16.5. The molecular formula is C22H25N5O3S2. The minimum atomic E-state index is -3.84. The monoisotopic (exact) mass is 471 g/mol. The van der Waals surface area contributed by atoms with Crippen molar-refractivity contribution in [2.24, 2.45) is 5.92 Å². The van der Waals surface area contributed by atoms with Crippen molar-refractivity contribution in [3.05, 3.63) is 65.7 Å². The zero-order chi connectivity index (χ0) is 22.6. The van der Waals surface area contributed by atoms with E-state index in [0.29, 0.717) is 11.5 Å². The van der Waals surface area contributed by atoms with Crippen LogP contribution in [0.15, 0.2) is 58.9 Å². The number of piperidine rings is 1. The number of nitrogens with zero attached hydrogens (tertiary/aromatic N) is 3. The van der Waals surface area contributed by atoms with Crippen LogP contribution in [0.3, 0.4) is 0 Å². The second-order valence-corrected chi connectivity index (χ2v) is 10.8. The zero-order valence-electron chi connectivity index (χ0n) is 17.7. The summed E-state index contributed by atoms with van der Waals surface area (Å²) in [6.45, 7) is 4.51. The van der Waals surface area contributed by atoms with E-state index < -0.39 is 10.0 Å². The van der Waals surface area contributed by atoms with Gasteiger partial charge in [0, 0.05) is 30.9 Å². The van der Waals surface area contributed by atoms with Crippen LogP contribution in [0.4, 0.5) is 10.8 Å². The average Bonchev–Trinajstić information content (AvgIpc) is 3.28. The van der Waals surface area contributed by atoms with Crippen molar-refractivity contribution in [3.63, 3.8) is 0 Å². The molecule has 0 spiro atoms. The summed E-state index contributed by atoms with van der Waals surface area (Å²) in [5, 5.41) is 10.2. The van der Waals surface area contributed by atoms with Crippen LogP contribution in [0.25, 0.3) is 0 Å². The second-order valence-electron chi connectivity index (χ2n) is 7.88. The number of amides is 1. The van der Waals surface area contributed by atoms with E-state index >= 15 is 0 Å². The highest BCUT2D eigenvalue weighted by molar-refractivity contribution is 7.91. The minimum absolute atomic E-state index is 0.124. The van der Waals surface area contributed by atoms with Gasteiger partial charge in [0.1, 0.15) is 0 Å². The van der Waals surface area contributed by atoms with Gasteiger partial charge in [0.25, 0.3) is 15.9 Å². The fourth-order valence-electron chi connectivity index (χ4n) is 3.62. The number of sulfonamides is 1. The number of carbonyl (C=O) groups is 1. The maximum Gasteiger partial charge on any atom is 0.270 e. The van der Waals surface area contributed by atoms with E-state index in [0.717, 1.165) is 35.7 Å². The molecule has 3 aromatic rings. The van der Waals surface area contributed by atoms with Gasteiger partial charge < -0.3 is 4.90 Å². The molecule has 0 bridgehead atoms. The predicted molar refractivity (Wildman–Crippen MR) is 125 cm³/mol. The second kappa shape index (κ2) is 9.76. The molecule has 1 aromatic heterocycles. The minimum Gasteiger partial charge on any atom is -0.371 e. The molecule has 0 aliphatic carbocycles. The first kappa shape index (κ1) is 22.4. The lowest BCUT2D eigenvalue weighted by atomic mass is 9.99. The van der Waals surface area contributed by atoms with Gasteiger partial charge in [-0.1, -0.05) is 48.6 Å². The number of benzene rings is 2. The van der Waals surface area contributed by atoms with Crippen molar-refractivity contribution >= 4 is 38.1 Å². The Kier molecular flexibility index (Phi) is 6.83. The quantitative estimate of drug-likeness (QED) is 0.511. The Bertz CT molecular complexity index is 1160. The average molecular weight is 472 g/mol. The molecule has 1 aliphatic heterocycles. The number of hydrogen-bond acceptors (Lipinski definition) is 7. The van der Waals surface area contributed by atoms with E-state index in [4.69, 9.17) is 0 Å². The highest BCUT2D eigenvalue weighted by Gasteiger charge is 2.21. The van der Waals surface area contributed by atoms with Crippen molar-refractivity contribution in [3.8, 4) is 0 Å². The molecule has 2 N–H and O–H groups in total. The molecular weight excluding hydrogens is 446 g/mol. The van der Waals surface area contributed by atoms with Crippen molar-refractivity contribution in [2.45, 2.75) is 30.6 Å². The summed E-state index contributed by atoms with van der Waals surface area (Å²) in [7, 11) is -3.84. The normalized spacial score (nSPS) is 16.7. The summed E-state index contributed by atoms with van der Waals surface area (Å²) in [4.78, 5) is 14.6. The molecule has 10 heteroatoms. The van der Waals surface area contributed by atoms with Crippen molar-refractivity contribution in [2.75, 3.05) is 23.3 Å². The molecule has 4 rings (SSSR count). The standard InChI is InChI=1S/C22H25N5O3S2/c1-16-6-5-13-27(15-16)19-11-9-17(10-12-19)14-23-32(29,30)22-26-25-21(31-22)24-20(28)18-7-3-2-4-8-18/h2-4,7-12,16,23H,5-6,13-15H2,1H3,(H,24,25,28)/t16-/m0/s1. The Morgan fingerprint density at radius 2 is 1.88 bits per heavy atom. The summed E-state index contributed by atoms with van der Waals surface area (Å²) in [5.74, 6) is 0.311. The molecule has 168 valence electrons. The lowest BCUT2D eigenvalue weighted by Crippen LogP contribution is -2.34. The summed E-state index contributed by atoms with van der Waals surface area (Å²) >= 11 is 0.808. The number of nitrogens with one attached hydrogen (secondary N) is 2. The van der Waals surface area contributed by atoms with Gasteiger partial charge in [-0.25, -0.2) is 13.1 Å². The largest absolute Gasteiger partial charge is 0.371 e. The van der Waals surface area contributed by atoms with Crippen molar-refractivity contribution < 1.29 is 13.2 Å². The van der Waals surface area contributed by atoms with Gasteiger partial charge in [-0.2, -0.15) is 0 Å². The van der Waals surface area contributed by atoms with Crippen LogP contribution >= 0.6 is 11.3 Å². The molecule has 1 amide bonds. The fourth-order valence-corrected chi connectivity index (χ4v) is 5.57. The Morgan fingerprint density at radius 3 is 2.59 bits per heavy atom. The Morgan fingerprint density at radius 1 is 1.12 bits per heavy atom. The first-order valence-electron chi connectivity index (χ1n) is 10.4.